The summed E-state index contributed by atoms with van der Waals surface area (Å²) in [6.45, 7) is 3.41. The van der Waals surface area contributed by atoms with Crippen molar-refractivity contribution in [3.05, 3.63) is 69.0 Å². The van der Waals surface area contributed by atoms with Crippen LogP contribution in [0.25, 0.3) is 11.0 Å². The summed E-state index contributed by atoms with van der Waals surface area (Å²) in [7, 11) is 0. The Kier molecular flexibility index (Phi) is 5.15. The van der Waals surface area contributed by atoms with Gasteiger partial charge >= 0.3 is 5.63 Å². The van der Waals surface area contributed by atoms with Crippen LogP contribution in [-0.2, 0) is 4.79 Å². The maximum atomic E-state index is 12.3. The number of hydrogen-bond donors (Lipinski definition) is 1. The first-order chi connectivity index (χ1) is 12.9. The van der Waals surface area contributed by atoms with Crippen molar-refractivity contribution in [2.45, 2.75) is 20.0 Å². The molecule has 1 N–H and O–H groups in total. The van der Waals surface area contributed by atoms with Gasteiger partial charge in [0.2, 0.25) is 0 Å². The lowest BCUT2D eigenvalue weighted by atomic mass is 10.1. The van der Waals surface area contributed by atoms with Crippen molar-refractivity contribution >= 4 is 34.2 Å². The van der Waals surface area contributed by atoms with Crippen LogP contribution in [0.2, 0.25) is 5.02 Å². The number of amides is 1. The molecule has 1 atom stereocenters. The maximum Gasteiger partial charge on any atom is 0.336 e. The van der Waals surface area contributed by atoms with Crippen LogP contribution >= 0.6 is 11.6 Å². The van der Waals surface area contributed by atoms with Crippen molar-refractivity contribution in [2.75, 3.05) is 5.32 Å². The third-order valence-corrected chi connectivity index (χ3v) is 4.27. The predicted octanol–water partition coefficient (Wildman–Crippen LogP) is 4.03. The molecular weight excluding hydrogens is 368 g/mol. The van der Waals surface area contributed by atoms with Gasteiger partial charge < -0.3 is 14.5 Å². The molecule has 1 heterocycles. The number of nitrogens with zero attached hydrogens (tertiary/aromatic N) is 1. The van der Waals surface area contributed by atoms with Crippen LogP contribution in [0.1, 0.15) is 18.1 Å². The first-order valence-corrected chi connectivity index (χ1v) is 8.47. The molecule has 1 amide bonds. The molecule has 0 radical (unpaired) electrons. The molecule has 0 aliphatic carbocycles. The molecule has 0 bridgehead atoms. The molecular formula is C20H15ClN2O4. The molecule has 0 fully saturated rings. The van der Waals surface area contributed by atoms with E-state index in [1.807, 2.05) is 13.0 Å². The van der Waals surface area contributed by atoms with Crippen molar-refractivity contribution in [1.29, 1.82) is 5.26 Å². The maximum absolute atomic E-state index is 12.3. The number of nitriles is 1. The summed E-state index contributed by atoms with van der Waals surface area (Å²) in [5, 5.41) is 12.6. The number of fused-ring (bicyclic) bond motifs is 1. The molecule has 0 saturated carbocycles. The Labute approximate surface area is 159 Å². The molecule has 1 aromatic heterocycles. The van der Waals surface area contributed by atoms with Gasteiger partial charge in [-0.1, -0.05) is 11.6 Å². The Balaban J connectivity index is 1.74. The number of halogens is 1. The third kappa shape index (κ3) is 4.10. The van der Waals surface area contributed by atoms with Gasteiger partial charge in [-0.05, 0) is 49.7 Å². The highest BCUT2D eigenvalue weighted by Crippen LogP contribution is 2.24. The average Bonchev–Trinajstić information content (AvgIpc) is 2.61. The van der Waals surface area contributed by atoms with Crippen molar-refractivity contribution in [1.82, 2.24) is 0 Å². The van der Waals surface area contributed by atoms with Gasteiger partial charge in [0.15, 0.2) is 6.10 Å². The molecule has 0 unspecified atom stereocenters. The number of benzene rings is 2. The van der Waals surface area contributed by atoms with Gasteiger partial charge in [0.1, 0.15) is 17.4 Å². The average molecular weight is 383 g/mol. The van der Waals surface area contributed by atoms with Crippen molar-refractivity contribution in [3.63, 3.8) is 0 Å². The van der Waals surface area contributed by atoms with Crippen molar-refractivity contribution in [3.8, 4) is 11.8 Å². The highest BCUT2D eigenvalue weighted by Gasteiger charge is 2.16. The van der Waals surface area contributed by atoms with E-state index in [4.69, 9.17) is 26.0 Å². The highest BCUT2D eigenvalue weighted by atomic mass is 35.5. The number of rotatable bonds is 4. The first kappa shape index (κ1) is 18.5. The summed E-state index contributed by atoms with van der Waals surface area (Å²) < 4.78 is 10.8. The molecule has 2 aromatic carbocycles. The monoisotopic (exact) mass is 382 g/mol. The number of anilines is 1. The van der Waals surface area contributed by atoms with E-state index in [9.17, 15) is 9.59 Å². The molecule has 0 aliphatic heterocycles. The zero-order chi connectivity index (χ0) is 19.6. The second kappa shape index (κ2) is 7.52. The van der Waals surface area contributed by atoms with E-state index < -0.39 is 11.7 Å². The largest absolute Gasteiger partial charge is 0.481 e. The topological polar surface area (TPSA) is 92.3 Å². The van der Waals surface area contributed by atoms with E-state index >= 15 is 0 Å². The fourth-order valence-electron chi connectivity index (χ4n) is 2.56. The summed E-state index contributed by atoms with van der Waals surface area (Å²) in [5.74, 6) is 0.0123. The Bertz CT molecular complexity index is 1130. The summed E-state index contributed by atoms with van der Waals surface area (Å²) in [4.78, 5) is 23.9. The third-order valence-electron chi connectivity index (χ3n) is 3.96. The van der Waals surface area contributed by atoms with Gasteiger partial charge in [-0.3, -0.25) is 4.79 Å². The normalized spacial score (nSPS) is 11.6. The summed E-state index contributed by atoms with van der Waals surface area (Å²) in [6, 6.07) is 13.0. The zero-order valence-corrected chi connectivity index (χ0v) is 15.3. The molecule has 0 spiro atoms. The lowest BCUT2D eigenvalue weighted by molar-refractivity contribution is -0.122. The second-order valence-electron chi connectivity index (χ2n) is 5.96. The van der Waals surface area contributed by atoms with Gasteiger partial charge in [0, 0.05) is 23.2 Å². The minimum Gasteiger partial charge on any atom is -0.481 e. The van der Waals surface area contributed by atoms with Crippen LogP contribution in [0.5, 0.6) is 5.75 Å². The fourth-order valence-corrected chi connectivity index (χ4v) is 2.79. The lowest BCUT2D eigenvalue weighted by Crippen LogP contribution is -2.30. The summed E-state index contributed by atoms with van der Waals surface area (Å²) in [5.41, 5.74) is 1.53. The quantitative estimate of drug-likeness (QED) is 0.687. The van der Waals surface area contributed by atoms with E-state index in [-0.39, 0.29) is 10.9 Å². The molecule has 3 aromatic rings. The molecule has 0 saturated heterocycles. The molecule has 0 aliphatic rings. The number of aryl methyl sites for hydroxylation is 1. The Morgan fingerprint density at radius 3 is 2.74 bits per heavy atom. The Morgan fingerprint density at radius 2 is 2.04 bits per heavy atom. The smallest absolute Gasteiger partial charge is 0.336 e. The van der Waals surface area contributed by atoms with Gasteiger partial charge in [-0.25, -0.2) is 4.79 Å². The number of carbonyl (C=O) groups excluding carboxylic acids is 1. The van der Waals surface area contributed by atoms with Crippen LogP contribution in [0.15, 0.2) is 51.7 Å². The fraction of sp³-hybridized carbons (Fsp3) is 0.150. The number of ether oxygens (including phenoxy) is 1. The minimum absolute atomic E-state index is 0.254. The number of hydrogen-bond acceptors (Lipinski definition) is 5. The van der Waals surface area contributed by atoms with Gasteiger partial charge in [0.25, 0.3) is 5.91 Å². The standard InChI is InChI=1S/C20H15ClN2O4/c1-11-7-19(24)27-18-9-15(5-6-16(11)18)26-12(2)20(25)23-14-4-3-13(10-22)17(21)8-14/h3-9,12H,1-2H3,(H,23,25)/t12-/m0/s1. The van der Waals surface area contributed by atoms with Crippen molar-refractivity contribution in [2.24, 2.45) is 0 Å². The van der Waals surface area contributed by atoms with Crippen LogP contribution in [-0.4, -0.2) is 12.0 Å². The Morgan fingerprint density at radius 1 is 1.26 bits per heavy atom. The van der Waals surface area contributed by atoms with Crippen LogP contribution < -0.4 is 15.7 Å². The SMILES string of the molecule is Cc1cc(=O)oc2cc(O[C@@H](C)C(=O)Nc3ccc(C#N)c(Cl)c3)ccc12. The van der Waals surface area contributed by atoms with Crippen LogP contribution in [0.3, 0.4) is 0 Å². The van der Waals surface area contributed by atoms with Gasteiger partial charge in [0.05, 0.1) is 10.6 Å². The van der Waals surface area contributed by atoms with E-state index in [1.54, 1.807) is 31.2 Å². The van der Waals surface area contributed by atoms with E-state index in [0.717, 1.165) is 10.9 Å². The highest BCUT2D eigenvalue weighted by molar-refractivity contribution is 6.32. The van der Waals surface area contributed by atoms with Crippen molar-refractivity contribution < 1.29 is 13.9 Å². The lowest BCUT2D eigenvalue weighted by Gasteiger charge is -2.15. The number of nitrogens with one attached hydrogen (secondary N) is 1. The van der Waals surface area contributed by atoms with Gasteiger partial charge in [-0.2, -0.15) is 5.26 Å². The van der Waals surface area contributed by atoms with Gasteiger partial charge in [-0.15, -0.1) is 0 Å². The molecule has 3 rings (SSSR count). The van der Waals surface area contributed by atoms with E-state index in [0.29, 0.717) is 22.6 Å². The zero-order valence-electron chi connectivity index (χ0n) is 14.6. The second-order valence-corrected chi connectivity index (χ2v) is 6.37. The predicted molar refractivity (Wildman–Crippen MR) is 102 cm³/mol. The van der Waals surface area contributed by atoms with Crippen LogP contribution in [0.4, 0.5) is 5.69 Å². The molecule has 6 nitrogen and oxygen atoms in total. The summed E-state index contributed by atoms with van der Waals surface area (Å²) in [6.07, 6.45) is -0.812. The Hall–Kier alpha value is -3.30. The number of carbonyl (C=O) groups is 1. The van der Waals surface area contributed by atoms with Crippen LogP contribution in [0, 0.1) is 18.3 Å². The molecule has 27 heavy (non-hydrogen) atoms. The first-order valence-electron chi connectivity index (χ1n) is 8.09. The molecule has 136 valence electrons. The molecule has 7 heteroatoms. The minimum atomic E-state index is -0.812. The van der Waals surface area contributed by atoms with E-state index in [1.165, 1.54) is 18.2 Å². The van der Waals surface area contributed by atoms with E-state index in [2.05, 4.69) is 5.32 Å². The summed E-state index contributed by atoms with van der Waals surface area (Å²) >= 11 is 5.96.